The van der Waals surface area contributed by atoms with Gasteiger partial charge in [0.2, 0.25) is 0 Å². The highest BCUT2D eigenvalue weighted by atomic mass is 16.5. The lowest BCUT2D eigenvalue weighted by Gasteiger charge is -2.50. The largest absolute Gasteiger partial charge is 0.480 e. The Morgan fingerprint density at radius 1 is 1.10 bits per heavy atom. The number of unbranched alkanes of at least 4 members (excludes halogenated alkanes) is 3. The highest BCUT2D eigenvalue weighted by Crippen LogP contribution is 2.47. The van der Waals surface area contributed by atoms with Crippen molar-refractivity contribution in [1.29, 1.82) is 5.26 Å². The number of nitriles is 1. The van der Waals surface area contributed by atoms with Crippen LogP contribution in [0.3, 0.4) is 0 Å². The van der Waals surface area contributed by atoms with Gasteiger partial charge in [0.25, 0.3) is 0 Å². The maximum atomic E-state index is 11.0. The summed E-state index contributed by atoms with van der Waals surface area (Å²) in [5, 5.41) is 22.1. The fourth-order valence-corrected chi connectivity index (χ4v) is 6.39. The second-order valence-electron chi connectivity index (χ2n) is 9.81. The minimum absolute atomic E-state index is 0.152. The number of piperidine rings is 1. The smallest absolute Gasteiger partial charge is 0.329 e. The van der Waals surface area contributed by atoms with Gasteiger partial charge in [0, 0.05) is 12.0 Å². The number of fused-ring (bicyclic) bond motifs is 1. The average Bonchev–Trinajstić information content (AvgIpc) is 2.74. The first kappa shape index (κ1) is 22.6. The number of hydrogen-bond donors (Lipinski definition) is 2. The summed E-state index contributed by atoms with van der Waals surface area (Å²) >= 11 is 0. The summed E-state index contributed by atoms with van der Waals surface area (Å²) in [6, 6.07) is 2.97. The molecule has 164 valence electrons. The zero-order valence-electron chi connectivity index (χ0n) is 18.2. The molecule has 0 aromatic rings. The third-order valence-electron chi connectivity index (χ3n) is 7.82. The van der Waals surface area contributed by atoms with E-state index in [0.29, 0.717) is 23.8 Å². The molecule has 5 heteroatoms. The van der Waals surface area contributed by atoms with Crippen LogP contribution in [0.25, 0.3) is 0 Å². The summed E-state index contributed by atoms with van der Waals surface area (Å²) in [4.78, 5) is 11.0. The van der Waals surface area contributed by atoms with Gasteiger partial charge in [-0.2, -0.15) is 5.26 Å². The summed E-state index contributed by atoms with van der Waals surface area (Å²) < 4.78 is 5.71. The molecule has 5 nitrogen and oxygen atoms in total. The van der Waals surface area contributed by atoms with Gasteiger partial charge in [-0.15, -0.1) is 0 Å². The van der Waals surface area contributed by atoms with Gasteiger partial charge in [0.1, 0.15) is 12.8 Å². The topological polar surface area (TPSA) is 82.3 Å². The summed E-state index contributed by atoms with van der Waals surface area (Å²) in [6.45, 7) is 2.04. The number of carboxylic acid groups (broad SMARTS) is 1. The summed E-state index contributed by atoms with van der Waals surface area (Å²) in [7, 11) is 0. The molecule has 0 bridgehead atoms. The molecule has 0 aromatic heterocycles. The monoisotopic (exact) mass is 404 g/mol. The molecule has 3 fully saturated rings. The van der Waals surface area contributed by atoms with Gasteiger partial charge in [-0.3, -0.25) is 5.32 Å². The van der Waals surface area contributed by atoms with Gasteiger partial charge < -0.3 is 9.84 Å². The second kappa shape index (κ2) is 11.3. The fraction of sp³-hybridized carbons (Fsp3) is 0.917. The molecule has 0 aromatic carbocycles. The molecule has 1 saturated heterocycles. The van der Waals surface area contributed by atoms with Crippen LogP contribution in [-0.2, 0) is 9.53 Å². The van der Waals surface area contributed by atoms with Gasteiger partial charge in [-0.25, -0.2) is 4.79 Å². The van der Waals surface area contributed by atoms with Crippen LogP contribution in [0.15, 0.2) is 0 Å². The number of aliphatic carboxylic acids is 1. The minimum Gasteiger partial charge on any atom is -0.480 e. The first-order valence-corrected chi connectivity index (χ1v) is 12.1. The van der Waals surface area contributed by atoms with Gasteiger partial charge >= 0.3 is 5.97 Å². The number of ether oxygens (including phenoxy) is 1. The Bertz CT molecular complexity index is 561. The van der Waals surface area contributed by atoms with E-state index < -0.39 is 5.97 Å². The van der Waals surface area contributed by atoms with E-state index in [4.69, 9.17) is 9.84 Å². The summed E-state index contributed by atoms with van der Waals surface area (Å²) in [5.74, 6) is 1.96. The standard InChI is InChI=1S/C24H40N2O3/c1-2-3-4-5-7-17-10-11-22-21(13-17)20(14-23(26-22)29-16-24(27)28)19-9-6-8-18(12-19)15-25/h17-23,26H,2-14,16H2,1H3,(H,27,28). The Balaban J connectivity index is 1.64. The third-order valence-corrected chi connectivity index (χ3v) is 7.82. The van der Waals surface area contributed by atoms with Crippen molar-refractivity contribution in [3.8, 4) is 6.07 Å². The lowest BCUT2D eigenvalue weighted by Crippen LogP contribution is -2.56. The third kappa shape index (κ3) is 6.43. The predicted octanol–water partition coefficient (Wildman–Crippen LogP) is 5.11. The fourth-order valence-electron chi connectivity index (χ4n) is 6.39. The Morgan fingerprint density at radius 2 is 1.97 bits per heavy atom. The van der Waals surface area contributed by atoms with Crippen molar-refractivity contribution in [2.24, 2.45) is 29.6 Å². The second-order valence-corrected chi connectivity index (χ2v) is 9.81. The number of carbonyl (C=O) groups is 1. The van der Waals surface area contributed by atoms with Gasteiger partial charge in [0.15, 0.2) is 0 Å². The van der Waals surface area contributed by atoms with E-state index in [1.807, 2.05) is 0 Å². The maximum absolute atomic E-state index is 11.0. The Hall–Kier alpha value is -1.12. The van der Waals surface area contributed by atoms with Crippen molar-refractivity contribution in [2.45, 2.75) is 103 Å². The Labute approximate surface area is 176 Å². The van der Waals surface area contributed by atoms with Crippen molar-refractivity contribution >= 4 is 5.97 Å². The highest BCUT2D eigenvalue weighted by molar-refractivity contribution is 5.68. The van der Waals surface area contributed by atoms with Crippen LogP contribution in [0, 0.1) is 40.9 Å². The van der Waals surface area contributed by atoms with Crippen LogP contribution in [0.1, 0.15) is 90.4 Å². The highest BCUT2D eigenvalue weighted by Gasteiger charge is 2.45. The predicted molar refractivity (Wildman–Crippen MR) is 113 cm³/mol. The number of hydrogen-bond acceptors (Lipinski definition) is 4. The lowest BCUT2D eigenvalue weighted by atomic mass is 9.61. The number of nitrogens with one attached hydrogen (secondary N) is 1. The molecule has 7 unspecified atom stereocenters. The van der Waals surface area contributed by atoms with Crippen LogP contribution in [0.2, 0.25) is 0 Å². The number of rotatable bonds is 9. The Kier molecular flexibility index (Phi) is 8.81. The van der Waals surface area contributed by atoms with Gasteiger partial charge in [0.05, 0.1) is 6.07 Å². The molecule has 29 heavy (non-hydrogen) atoms. The number of carboxylic acids is 1. The molecule has 2 saturated carbocycles. The van der Waals surface area contributed by atoms with Crippen LogP contribution < -0.4 is 5.32 Å². The molecule has 2 N–H and O–H groups in total. The molecule has 0 radical (unpaired) electrons. The Morgan fingerprint density at radius 3 is 2.72 bits per heavy atom. The lowest BCUT2D eigenvalue weighted by molar-refractivity contribution is -0.148. The first-order valence-electron chi connectivity index (χ1n) is 12.1. The maximum Gasteiger partial charge on any atom is 0.329 e. The molecule has 1 heterocycles. The van der Waals surface area contributed by atoms with Crippen molar-refractivity contribution in [2.75, 3.05) is 6.61 Å². The van der Waals surface area contributed by atoms with Crippen molar-refractivity contribution in [1.82, 2.24) is 5.32 Å². The van der Waals surface area contributed by atoms with E-state index in [1.165, 1.54) is 57.8 Å². The summed E-state index contributed by atoms with van der Waals surface area (Å²) in [5.41, 5.74) is 0. The zero-order valence-corrected chi connectivity index (χ0v) is 18.2. The molecule has 3 aliphatic rings. The van der Waals surface area contributed by atoms with Crippen LogP contribution in [-0.4, -0.2) is 30.0 Å². The van der Waals surface area contributed by atoms with Crippen LogP contribution in [0.5, 0.6) is 0 Å². The zero-order chi connectivity index (χ0) is 20.6. The molecule has 0 amide bonds. The van der Waals surface area contributed by atoms with Crippen LogP contribution in [0.4, 0.5) is 0 Å². The molecular formula is C24H40N2O3. The van der Waals surface area contributed by atoms with E-state index in [9.17, 15) is 10.1 Å². The average molecular weight is 405 g/mol. The minimum atomic E-state index is -0.900. The van der Waals surface area contributed by atoms with E-state index in [1.54, 1.807) is 0 Å². The van der Waals surface area contributed by atoms with Crippen LogP contribution >= 0.6 is 0 Å². The van der Waals surface area contributed by atoms with E-state index >= 15 is 0 Å². The first-order chi connectivity index (χ1) is 14.1. The molecule has 3 rings (SSSR count). The molecule has 1 aliphatic heterocycles. The van der Waals surface area contributed by atoms with E-state index in [2.05, 4.69) is 18.3 Å². The molecular weight excluding hydrogens is 364 g/mol. The molecule has 7 atom stereocenters. The normalized spacial score (nSPS) is 37.4. The van der Waals surface area contributed by atoms with E-state index in [0.717, 1.165) is 31.6 Å². The quantitative estimate of drug-likeness (QED) is 0.522. The van der Waals surface area contributed by atoms with Crippen molar-refractivity contribution < 1.29 is 14.6 Å². The van der Waals surface area contributed by atoms with Gasteiger partial charge in [-0.05, 0) is 62.2 Å². The van der Waals surface area contributed by atoms with Gasteiger partial charge in [-0.1, -0.05) is 51.9 Å². The van der Waals surface area contributed by atoms with E-state index in [-0.39, 0.29) is 18.8 Å². The molecule has 2 aliphatic carbocycles. The SMILES string of the molecule is CCCCCCC1CCC2NC(OCC(=O)O)CC(C3CCCC(C#N)C3)C2C1. The van der Waals surface area contributed by atoms with Crippen molar-refractivity contribution in [3.63, 3.8) is 0 Å². The molecule has 0 spiro atoms. The number of nitrogens with zero attached hydrogens (tertiary/aromatic N) is 1. The summed E-state index contributed by atoms with van der Waals surface area (Å²) in [6.07, 6.45) is 15.7. The van der Waals surface area contributed by atoms with Crippen molar-refractivity contribution in [3.05, 3.63) is 0 Å².